The molecule has 0 bridgehead atoms. The van der Waals surface area contributed by atoms with Crippen molar-refractivity contribution in [2.45, 2.75) is 32.4 Å². The average molecular weight is 246 g/mol. The zero-order chi connectivity index (χ0) is 13.0. The lowest BCUT2D eigenvalue weighted by molar-refractivity contribution is 0.166. The van der Waals surface area contributed by atoms with Crippen molar-refractivity contribution in [3.8, 4) is 0 Å². The molecule has 1 atom stereocenters. The number of aryl methyl sites for hydroxylation is 1. The first-order valence-electron chi connectivity index (χ1n) is 6.11. The Hall–Kier alpha value is -1.88. The van der Waals surface area contributed by atoms with Crippen LogP contribution in [0.5, 0.6) is 0 Å². The molecule has 3 N–H and O–H groups in total. The van der Waals surface area contributed by atoms with Crippen molar-refractivity contribution < 1.29 is 5.11 Å². The van der Waals surface area contributed by atoms with E-state index in [4.69, 9.17) is 5.73 Å². The number of hydrogen-bond donors (Lipinski definition) is 2. The molecular formula is C13H18N4O. The molecule has 0 radical (unpaired) electrons. The van der Waals surface area contributed by atoms with E-state index in [9.17, 15) is 5.11 Å². The van der Waals surface area contributed by atoms with Crippen molar-refractivity contribution in [3.05, 3.63) is 41.9 Å². The van der Waals surface area contributed by atoms with Crippen LogP contribution in [0.2, 0.25) is 0 Å². The molecule has 2 aromatic heterocycles. The van der Waals surface area contributed by atoms with Crippen LogP contribution >= 0.6 is 0 Å². The van der Waals surface area contributed by atoms with Gasteiger partial charge in [0, 0.05) is 25.4 Å². The summed E-state index contributed by atoms with van der Waals surface area (Å²) in [5, 5.41) is 14.5. The molecule has 96 valence electrons. The number of rotatable bonds is 5. The number of hydrogen-bond acceptors (Lipinski definition) is 4. The van der Waals surface area contributed by atoms with Gasteiger partial charge >= 0.3 is 0 Å². The maximum atomic E-state index is 10.3. The Kier molecular flexibility index (Phi) is 3.94. The lowest BCUT2D eigenvalue weighted by Gasteiger charge is -2.13. The molecule has 2 heterocycles. The fourth-order valence-corrected chi connectivity index (χ4v) is 1.96. The van der Waals surface area contributed by atoms with E-state index < -0.39 is 6.10 Å². The van der Waals surface area contributed by atoms with Crippen LogP contribution in [-0.2, 0) is 13.0 Å². The van der Waals surface area contributed by atoms with E-state index in [-0.39, 0.29) is 0 Å². The van der Waals surface area contributed by atoms with E-state index in [1.54, 1.807) is 12.4 Å². The van der Waals surface area contributed by atoms with Gasteiger partial charge in [0.05, 0.1) is 11.8 Å². The monoisotopic (exact) mass is 246 g/mol. The number of pyridine rings is 1. The van der Waals surface area contributed by atoms with Gasteiger partial charge in [-0.15, -0.1) is 0 Å². The van der Waals surface area contributed by atoms with Gasteiger partial charge in [-0.1, -0.05) is 13.0 Å². The Bertz CT molecular complexity index is 509. The van der Waals surface area contributed by atoms with E-state index in [2.05, 4.69) is 17.0 Å². The van der Waals surface area contributed by atoms with Crippen LogP contribution < -0.4 is 5.73 Å². The SMILES string of the molecule is CCCn1nccc1C(O)Cc1cccnc1N. The molecule has 0 aromatic carbocycles. The molecule has 0 aliphatic carbocycles. The van der Waals surface area contributed by atoms with E-state index in [0.29, 0.717) is 12.2 Å². The molecule has 0 spiro atoms. The quantitative estimate of drug-likeness (QED) is 0.839. The van der Waals surface area contributed by atoms with Gasteiger partial charge in [0.15, 0.2) is 0 Å². The first kappa shape index (κ1) is 12.6. The van der Waals surface area contributed by atoms with Crippen molar-refractivity contribution in [2.75, 3.05) is 5.73 Å². The van der Waals surface area contributed by atoms with Crippen LogP contribution in [0.1, 0.15) is 30.7 Å². The lowest BCUT2D eigenvalue weighted by atomic mass is 10.1. The van der Waals surface area contributed by atoms with Crippen LogP contribution in [0.4, 0.5) is 5.82 Å². The summed E-state index contributed by atoms with van der Waals surface area (Å²) in [6, 6.07) is 5.54. The number of aromatic nitrogens is 3. The van der Waals surface area contributed by atoms with E-state index in [1.165, 1.54) is 0 Å². The fourth-order valence-electron chi connectivity index (χ4n) is 1.96. The predicted octanol–water partition coefficient (Wildman–Crippen LogP) is 1.55. The molecule has 1 unspecified atom stereocenters. The number of aliphatic hydroxyl groups excluding tert-OH is 1. The van der Waals surface area contributed by atoms with Gasteiger partial charge in [0.25, 0.3) is 0 Å². The number of nitrogens with zero attached hydrogens (tertiary/aromatic N) is 3. The molecule has 2 rings (SSSR count). The second-order valence-electron chi connectivity index (χ2n) is 4.25. The third-order valence-corrected chi connectivity index (χ3v) is 2.87. The highest BCUT2D eigenvalue weighted by atomic mass is 16.3. The van der Waals surface area contributed by atoms with E-state index >= 15 is 0 Å². The minimum atomic E-state index is -0.606. The Balaban J connectivity index is 2.14. The standard InChI is InChI=1S/C13H18N4O/c1-2-8-17-11(5-7-16-17)12(18)9-10-4-3-6-15-13(10)14/h3-7,12,18H,2,8-9H2,1H3,(H2,14,15). The van der Waals surface area contributed by atoms with Crippen molar-refractivity contribution in [3.63, 3.8) is 0 Å². The average Bonchev–Trinajstić information content (AvgIpc) is 2.81. The molecule has 0 aliphatic heterocycles. The highest BCUT2D eigenvalue weighted by Gasteiger charge is 2.14. The lowest BCUT2D eigenvalue weighted by Crippen LogP contribution is -2.12. The molecule has 2 aromatic rings. The predicted molar refractivity (Wildman–Crippen MR) is 69.8 cm³/mol. The first-order valence-corrected chi connectivity index (χ1v) is 6.11. The molecule has 0 saturated carbocycles. The molecule has 0 saturated heterocycles. The summed E-state index contributed by atoms with van der Waals surface area (Å²) in [5.41, 5.74) is 7.45. The number of nitrogen functional groups attached to an aromatic ring is 1. The first-order chi connectivity index (χ1) is 8.72. The van der Waals surface area contributed by atoms with Gasteiger partial charge < -0.3 is 10.8 Å². The molecule has 0 aliphatic rings. The fraction of sp³-hybridized carbons (Fsp3) is 0.385. The molecule has 5 heteroatoms. The normalized spacial score (nSPS) is 12.6. The number of anilines is 1. The Labute approximate surface area is 106 Å². The summed E-state index contributed by atoms with van der Waals surface area (Å²) < 4.78 is 1.83. The third kappa shape index (κ3) is 2.68. The second kappa shape index (κ2) is 5.64. The van der Waals surface area contributed by atoms with Gasteiger partial charge in [-0.3, -0.25) is 4.68 Å². The molecule has 0 amide bonds. The van der Waals surface area contributed by atoms with Crippen LogP contribution in [0, 0.1) is 0 Å². The maximum Gasteiger partial charge on any atom is 0.126 e. The summed E-state index contributed by atoms with van der Waals surface area (Å²) in [6.45, 7) is 2.89. The third-order valence-electron chi connectivity index (χ3n) is 2.87. The molecule has 0 fully saturated rings. The van der Waals surface area contributed by atoms with Gasteiger partial charge in [0.2, 0.25) is 0 Å². The Morgan fingerprint density at radius 3 is 2.94 bits per heavy atom. The van der Waals surface area contributed by atoms with Crippen molar-refractivity contribution >= 4 is 5.82 Å². The molecule has 5 nitrogen and oxygen atoms in total. The topological polar surface area (TPSA) is 77.0 Å². The number of aliphatic hydroxyl groups is 1. The summed E-state index contributed by atoms with van der Waals surface area (Å²) >= 11 is 0. The smallest absolute Gasteiger partial charge is 0.126 e. The van der Waals surface area contributed by atoms with Crippen LogP contribution in [0.15, 0.2) is 30.6 Å². The van der Waals surface area contributed by atoms with Crippen LogP contribution in [-0.4, -0.2) is 19.9 Å². The van der Waals surface area contributed by atoms with Crippen molar-refractivity contribution in [2.24, 2.45) is 0 Å². The number of nitrogens with two attached hydrogens (primary N) is 1. The van der Waals surface area contributed by atoms with Gasteiger partial charge in [-0.2, -0.15) is 5.10 Å². The van der Waals surface area contributed by atoms with Crippen LogP contribution in [0.3, 0.4) is 0 Å². The van der Waals surface area contributed by atoms with E-state index in [0.717, 1.165) is 24.2 Å². The minimum absolute atomic E-state index is 0.453. The van der Waals surface area contributed by atoms with Gasteiger partial charge in [-0.05, 0) is 24.1 Å². The van der Waals surface area contributed by atoms with Gasteiger partial charge in [0.1, 0.15) is 5.82 Å². The van der Waals surface area contributed by atoms with Crippen LogP contribution in [0.25, 0.3) is 0 Å². The van der Waals surface area contributed by atoms with Crippen molar-refractivity contribution in [1.82, 2.24) is 14.8 Å². The summed E-state index contributed by atoms with van der Waals surface area (Å²) in [5.74, 6) is 0.470. The zero-order valence-corrected chi connectivity index (χ0v) is 10.5. The Morgan fingerprint density at radius 1 is 1.39 bits per heavy atom. The zero-order valence-electron chi connectivity index (χ0n) is 10.5. The van der Waals surface area contributed by atoms with Gasteiger partial charge in [-0.25, -0.2) is 4.98 Å². The summed E-state index contributed by atoms with van der Waals surface area (Å²) in [7, 11) is 0. The maximum absolute atomic E-state index is 10.3. The molecular weight excluding hydrogens is 228 g/mol. The minimum Gasteiger partial charge on any atom is -0.386 e. The van der Waals surface area contributed by atoms with E-state index in [1.807, 2.05) is 22.9 Å². The second-order valence-corrected chi connectivity index (χ2v) is 4.25. The summed E-state index contributed by atoms with van der Waals surface area (Å²) in [4.78, 5) is 4.02. The molecule has 18 heavy (non-hydrogen) atoms. The Morgan fingerprint density at radius 2 is 2.22 bits per heavy atom. The van der Waals surface area contributed by atoms with Crippen molar-refractivity contribution in [1.29, 1.82) is 0 Å². The highest BCUT2D eigenvalue weighted by Crippen LogP contribution is 2.20. The summed E-state index contributed by atoms with van der Waals surface area (Å²) in [6.07, 6.45) is 4.18. The largest absolute Gasteiger partial charge is 0.386 e. The highest BCUT2D eigenvalue weighted by molar-refractivity contribution is 5.39.